The van der Waals surface area contributed by atoms with E-state index in [9.17, 15) is 4.79 Å². The van der Waals surface area contributed by atoms with Crippen LogP contribution in [0.5, 0.6) is 0 Å². The predicted octanol–water partition coefficient (Wildman–Crippen LogP) is 4.44. The minimum absolute atomic E-state index is 0.144. The number of nitrogens with one attached hydrogen (secondary N) is 1. The SMILES string of the molecule is Cc1cc(C)cc(-c2nnc(SC(C)c3nc4ccccc4c(=O)[nH]3)o2)c1. The summed E-state index contributed by atoms with van der Waals surface area (Å²) >= 11 is 1.36. The number of aromatic amines is 1. The topological polar surface area (TPSA) is 84.7 Å². The molecule has 0 aliphatic heterocycles. The summed E-state index contributed by atoms with van der Waals surface area (Å²) in [5, 5.41) is 9.15. The summed E-state index contributed by atoms with van der Waals surface area (Å²) in [5.41, 5.74) is 3.71. The van der Waals surface area contributed by atoms with E-state index < -0.39 is 0 Å². The molecule has 0 saturated carbocycles. The van der Waals surface area contributed by atoms with E-state index in [0.717, 1.165) is 16.7 Å². The first-order chi connectivity index (χ1) is 13.0. The Bertz CT molecular complexity index is 1160. The van der Waals surface area contributed by atoms with Crippen molar-refractivity contribution in [2.75, 3.05) is 0 Å². The molecule has 0 aliphatic rings. The van der Waals surface area contributed by atoms with E-state index in [2.05, 4.69) is 26.2 Å². The highest BCUT2D eigenvalue weighted by molar-refractivity contribution is 7.99. The number of hydrogen-bond acceptors (Lipinski definition) is 6. The van der Waals surface area contributed by atoms with Crippen molar-refractivity contribution in [3.8, 4) is 11.5 Å². The lowest BCUT2D eigenvalue weighted by Crippen LogP contribution is -2.12. The van der Waals surface area contributed by atoms with Gasteiger partial charge in [0.05, 0.1) is 16.2 Å². The molecule has 1 atom stereocenters. The third-order valence-electron chi connectivity index (χ3n) is 4.17. The van der Waals surface area contributed by atoms with Crippen LogP contribution in [0.15, 0.2) is 56.9 Å². The highest BCUT2D eigenvalue weighted by Gasteiger charge is 2.17. The lowest BCUT2D eigenvalue weighted by Gasteiger charge is -2.08. The van der Waals surface area contributed by atoms with E-state index >= 15 is 0 Å². The number of benzene rings is 2. The number of thioether (sulfide) groups is 1. The predicted molar refractivity (Wildman–Crippen MR) is 106 cm³/mol. The molecule has 0 fully saturated rings. The van der Waals surface area contributed by atoms with Crippen LogP contribution in [0.4, 0.5) is 0 Å². The zero-order valence-electron chi connectivity index (χ0n) is 15.2. The Balaban J connectivity index is 1.59. The van der Waals surface area contributed by atoms with Gasteiger partial charge in [-0.1, -0.05) is 41.1 Å². The minimum atomic E-state index is -0.149. The molecule has 2 aromatic heterocycles. The van der Waals surface area contributed by atoms with Crippen LogP contribution in [-0.2, 0) is 0 Å². The van der Waals surface area contributed by atoms with Crippen molar-refractivity contribution in [2.45, 2.75) is 31.2 Å². The normalized spacial score (nSPS) is 12.4. The van der Waals surface area contributed by atoms with Crippen LogP contribution in [0.1, 0.15) is 29.1 Å². The van der Waals surface area contributed by atoms with Gasteiger partial charge in [-0.3, -0.25) is 4.79 Å². The fraction of sp³-hybridized carbons (Fsp3) is 0.200. The molecular formula is C20H18N4O2S. The number of aromatic nitrogens is 4. The van der Waals surface area contributed by atoms with Crippen molar-refractivity contribution in [2.24, 2.45) is 0 Å². The maximum Gasteiger partial charge on any atom is 0.277 e. The highest BCUT2D eigenvalue weighted by atomic mass is 32.2. The Hall–Kier alpha value is -2.93. The monoisotopic (exact) mass is 378 g/mol. The van der Waals surface area contributed by atoms with Gasteiger partial charge in [-0.15, -0.1) is 10.2 Å². The Morgan fingerprint density at radius 1 is 1.07 bits per heavy atom. The van der Waals surface area contributed by atoms with Crippen molar-refractivity contribution in [3.05, 3.63) is 69.8 Å². The molecule has 7 heteroatoms. The van der Waals surface area contributed by atoms with Crippen molar-refractivity contribution < 1.29 is 4.42 Å². The van der Waals surface area contributed by atoms with Gasteiger partial charge >= 0.3 is 0 Å². The summed E-state index contributed by atoms with van der Waals surface area (Å²) < 4.78 is 5.81. The number of para-hydroxylation sites is 1. The molecule has 27 heavy (non-hydrogen) atoms. The molecular weight excluding hydrogens is 360 g/mol. The second-order valence-corrected chi connectivity index (χ2v) is 7.77. The standard InChI is InChI=1S/C20H18N4O2S/c1-11-8-12(2)10-14(9-11)19-23-24-20(26-19)27-13(3)17-21-16-7-5-4-6-15(16)18(25)22-17/h4-10,13H,1-3H3,(H,21,22,25). The second kappa shape index (κ2) is 7.00. The van der Waals surface area contributed by atoms with Gasteiger partial charge in [0, 0.05) is 5.56 Å². The average Bonchev–Trinajstić information content (AvgIpc) is 3.09. The van der Waals surface area contributed by atoms with Crippen LogP contribution in [0.2, 0.25) is 0 Å². The van der Waals surface area contributed by atoms with Crippen molar-refractivity contribution in [1.82, 2.24) is 20.2 Å². The van der Waals surface area contributed by atoms with Crippen LogP contribution in [0.25, 0.3) is 22.4 Å². The van der Waals surface area contributed by atoms with Crippen molar-refractivity contribution in [1.29, 1.82) is 0 Å². The second-order valence-electron chi connectivity index (χ2n) is 6.48. The summed E-state index contributed by atoms with van der Waals surface area (Å²) in [4.78, 5) is 19.7. The highest BCUT2D eigenvalue weighted by Crippen LogP contribution is 2.33. The first-order valence-corrected chi connectivity index (χ1v) is 9.45. The molecule has 2 heterocycles. The Kier molecular flexibility index (Phi) is 4.53. The molecule has 136 valence electrons. The number of aryl methyl sites for hydroxylation is 2. The summed E-state index contributed by atoms with van der Waals surface area (Å²) in [5.74, 6) is 1.06. The minimum Gasteiger partial charge on any atom is -0.411 e. The fourth-order valence-corrected chi connectivity index (χ4v) is 3.72. The van der Waals surface area contributed by atoms with Gasteiger partial charge in [0.15, 0.2) is 0 Å². The van der Waals surface area contributed by atoms with Crippen LogP contribution in [-0.4, -0.2) is 20.2 Å². The molecule has 1 N–H and O–H groups in total. The van der Waals surface area contributed by atoms with Crippen LogP contribution >= 0.6 is 11.8 Å². The van der Waals surface area contributed by atoms with Gasteiger partial charge in [0.25, 0.3) is 10.8 Å². The molecule has 2 aromatic carbocycles. The Labute approximate surface area is 160 Å². The largest absolute Gasteiger partial charge is 0.411 e. The third-order valence-corrected chi connectivity index (χ3v) is 5.11. The molecule has 0 amide bonds. The quantitative estimate of drug-likeness (QED) is 0.528. The number of hydrogen-bond donors (Lipinski definition) is 1. The van der Waals surface area contributed by atoms with Gasteiger partial charge in [0.2, 0.25) is 5.89 Å². The average molecular weight is 378 g/mol. The van der Waals surface area contributed by atoms with Crippen LogP contribution < -0.4 is 5.56 Å². The van der Waals surface area contributed by atoms with E-state index in [1.165, 1.54) is 11.8 Å². The van der Waals surface area contributed by atoms with Crippen molar-refractivity contribution in [3.63, 3.8) is 0 Å². The first kappa shape index (κ1) is 17.5. The maximum atomic E-state index is 12.3. The lowest BCUT2D eigenvalue weighted by molar-refractivity contribution is 0.465. The lowest BCUT2D eigenvalue weighted by atomic mass is 10.1. The summed E-state index contributed by atoms with van der Waals surface area (Å²) in [6.07, 6.45) is 0. The van der Waals surface area contributed by atoms with E-state index in [1.54, 1.807) is 6.07 Å². The van der Waals surface area contributed by atoms with Gasteiger partial charge in [-0.2, -0.15) is 0 Å². The number of H-pyrrole nitrogens is 1. The third kappa shape index (κ3) is 3.64. The molecule has 4 aromatic rings. The van der Waals surface area contributed by atoms with Gasteiger partial charge in [-0.05, 0) is 45.0 Å². The molecule has 0 spiro atoms. The van der Waals surface area contributed by atoms with Crippen molar-refractivity contribution >= 4 is 22.7 Å². The number of nitrogens with zero attached hydrogens (tertiary/aromatic N) is 3. The van der Waals surface area contributed by atoms with E-state index in [-0.39, 0.29) is 10.8 Å². The first-order valence-electron chi connectivity index (χ1n) is 8.57. The van der Waals surface area contributed by atoms with E-state index in [0.29, 0.717) is 27.8 Å². The zero-order valence-corrected chi connectivity index (χ0v) is 16.0. The molecule has 0 aliphatic carbocycles. The van der Waals surface area contributed by atoms with Gasteiger partial charge < -0.3 is 9.40 Å². The summed E-state index contributed by atoms with van der Waals surface area (Å²) in [6.45, 7) is 6.01. The number of fused-ring (bicyclic) bond motifs is 1. The molecule has 0 bridgehead atoms. The summed E-state index contributed by atoms with van der Waals surface area (Å²) in [6, 6.07) is 13.4. The van der Waals surface area contributed by atoms with Gasteiger partial charge in [0.1, 0.15) is 5.82 Å². The molecule has 4 rings (SSSR count). The number of rotatable bonds is 4. The Morgan fingerprint density at radius 3 is 2.59 bits per heavy atom. The zero-order chi connectivity index (χ0) is 19.0. The van der Waals surface area contributed by atoms with E-state index in [4.69, 9.17) is 4.42 Å². The molecule has 6 nitrogen and oxygen atoms in total. The van der Waals surface area contributed by atoms with E-state index in [1.807, 2.05) is 51.1 Å². The summed E-state index contributed by atoms with van der Waals surface area (Å²) in [7, 11) is 0. The fourth-order valence-electron chi connectivity index (χ4n) is 2.98. The van der Waals surface area contributed by atoms with Crippen LogP contribution in [0.3, 0.4) is 0 Å². The smallest absolute Gasteiger partial charge is 0.277 e. The van der Waals surface area contributed by atoms with Gasteiger partial charge in [-0.25, -0.2) is 4.98 Å². The van der Waals surface area contributed by atoms with Crippen LogP contribution in [0, 0.1) is 13.8 Å². The maximum absolute atomic E-state index is 12.3. The molecule has 1 unspecified atom stereocenters. The molecule has 0 radical (unpaired) electrons. The molecule has 0 saturated heterocycles. The Morgan fingerprint density at radius 2 is 1.81 bits per heavy atom.